The highest BCUT2D eigenvalue weighted by Crippen LogP contribution is 2.48. The van der Waals surface area contributed by atoms with E-state index in [1.54, 1.807) is 10.6 Å². The van der Waals surface area contributed by atoms with Crippen LogP contribution in [0.3, 0.4) is 0 Å². The summed E-state index contributed by atoms with van der Waals surface area (Å²) in [5, 5.41) is 14.2. The quantitative estimate of drug-likeness (QED) is 0.234. The normalized spacial score (nSPS) is 21.0. The van der Waals surface area contributed by atoms with Crippen molar-refractivity contribution in [3.05, 3.63) is 80.3 Å². The van der Waals surface area contributed by atoms with E-state index in [2.05, 4.69) is 20.6 Å². The number of fused-ring (bicyclic) bond motifs is 2. The van der Waals surface area contributed by atoms with E-state index in [0.717, 1.165) is 43.0 Å². The molecule has 2 amide bonds. The number of H-pyrrole nitrogens is 1. The van der Waals surface area contributed by atoms with Crippen LogP contribution in [0.5, 0.6) is 0 Å². The summed E-state index contributed by atoms with van der Waals surface area (Å²) in [6.45, 7) is 8.92. The molecule has 0 bridgehead atoms. The molecule has 270 valence electrons. The van der Waals surface area contributed by atoms with Gasteiger partial charge in [-0.2, -0.15) is 14.6 Å². The van der Waals surface area contributed by atoms with Gasteiger partial charge in [-0.25, -0.2) is 8.78 Å². The van der Waals surface area contributed by atoms with E-state index < -0.39 is 17.5 Å². The fourth-order valence-corrected chi connectivity index (χ4v) is 7.92. The molecule has 0 spiro atoms. The van der Waals surface area contributed by atoms with Gasteiger partial charge in [-0.15, -0.1) is 5.10 Å². The largest absolute Gasteiger partial charge is 0.377 e. The van der Waals surface area contributed by atoms with Crippen molar-refractivity contribution in [2.45, 2.75) is 97.1 Å². The van der Waals surface area contributed by atoms with Gasteiger partial charge in [-0.05, 0) is 99.8 Å². The van der Waals surface area contributed by atoms with Gasteiger partial charge in [0.25, 0.3) is 11.5 Å². The molecule has 4 heterocycles. The number of carbonyl (C=O) groups is 2. The van der Waals surface area contributed by atoms with Gasteiger partial charge in [0.05, 0.1) is 18.9 Å². The van der Waals surface area contributed by atoms with Crippen LogP contribution in [-0.2, 0) is 22.5 Å². The monoisotopic (exact) mass is 702 g/mol. The van der Waals surface area contributed by atoms with Gasteiger partial charge in [-0.3, -0.25) is 19.5 Å². The Kier molecular flexibility index (Phi) is 9.62. The van der Waals surface area contributed by atoms with E-state index in [9.17, 15) is 18.8 Å². The maximum Gasteiger partial charge on any atom is 0.279 e. The number of hydrogen-bond acceptors (Lipinski definition) is 7. The average Bonchev–Trinajstić information content (AvgIpc) is 3.48. The zero-order valence-electron chi connectivity index (χ0n) is 29.5. The number of nitrogens with zero attached hydrogens (tertiary/aromatic N) is 6. The molecule has 3 unspecified atom stereocenters. The third-order valence-electron chi connectivity index (χ3n) is 10.6. The Hall–Kier alpha value is -4.72. The maximum atomic E-state index is 15.0. The van der Waals surface area contributed by atoms with Gasteiger partial charge in [-0.1, -0.05) is 19.9 Å². The predicted molar refractivity (Wildman–Crippen MR) is 187 cm³/mol. The van der Waals surface area contributed by atoms with Crippen LogP contribution in [0.1, 0.15) is 110 Å². The molecule has 1 aromatic carbocycles. The van der Waals surface area contributed by atoms with Gasteiger partial charge < -0.3 is 19.5 Å². The van der Waals surface area contributed by atoms with E-state index in [-0.39, 0.29) is 53.3 Å². The summed E-state index contributed by atoms with van der Waals surface area (Å²) < 4.78 is 38.2. The SMILES string of the molecule is CC.CCN(C(=O)c1cc(C)[nH]n1)C1CCC1C1CCc2c1c(=O)n1nc(C3=CCOCC3)nc1n2CC(=O)Nc1cc(F)c(C2CC2)cc1F. The van der Waals surface area contributed by atoms with Crippen LogP contribution in [0, 0.1) is 24.5 Å². The lowest BCUT2D eigenvalue weighted by Gasteiger charge is -2.46. The summed E-state index contributed by atoms with van der Waals surface area (Å²) >= 11 is 0. The lowest BCUT2D eigenvalue weighted by Crippen LogP contribution is -2.52. The molecule has 2 saturated carbocycles. The molecule has 51 heavy (non-hydrogen) atoms. The van der Waals surface area contributed by atoms with Gasteiger partial charge in [0.2, 0.25) is 11.7 Å². The number of halogens is 2. The number of aryl methyl sites for hydroxylation is 1. The first-order valence-electron chi connectivity index (χ1n) is 18.1. The van der Waals surface area contributed by atoms with E-state index in [0.29, 0.717) is 67.4 Å². The summed E-state index contributed by atoms with van der Waals surface area (Å²) in [6.07, 6.45) is 6.92. The molecule has 0 saturated heterocycles. The number of anilines is 1. The van der Waals surface area contributed by atoms with E-state index in [4.69, 9.17) is 9.72 Å². The standard InChI is InChI=1S/C35H38F2N8O4.C2H6/c1-3-43(33(47)27-14-18(2)40-41-27)28-8-6-21(28)22-7-9-29-31(22)34(48)45-35(39-32(42-45)20-10-12-49-13-11-20)44(29)17-30(46)38-26-16-24(36)23(15-25(26)37)19-4-5-19;1-2/h10,14-16,19,21-22,28H,3-9,11-13,17H2,1-2H3,(H,38,46)(H,40,41);1-2H3. The second-order valence-electron chi connectivity index (χ2n) is 13.6. The Labute approximate surface area is 294 Å². The van der Waals surface area contributed by atoms with Crippen LogP contribution in [0.4, 0.5) is 14.5 Å². The molecular formula is C37H44F2N8O4. The average molecular weight is 703 g/mol. The Morgan fingerprint density at radius 3 is 2.53 bits per heavy atom. The zero-order valence-corrected chi connectivity index (χ0v) is 29.5. The lowest BCUT2D eigenvalue weighted by molar-refractivity contribution is -0.116. The Morgan fingerprint density at radius 2 is 1.88 bits per heavy atom. The highest BCUT2D eigenvalue weighted by atomic mass is 19.1. The number of aromatic nitrogens is 6. The minimum Gasteiger partial charge on any atom is -0.377 e. The predicted octanol–water partition coefficient (Wildman–Crippen LogP) is 5.52. The number of hydrogen-bond donors (Lipinski definition) is 2. The summed E-state index contributed by atoms with van der Waals surface area (Å²) in [5.41, 5.74) is 3.06. The number of aromatic amines is 1. The van der Waals surface area contributed by atoms with Crippen molar-refractivity contribution in [1.82, 2.24) is 34.3 Å². The molecule has 0 radical (unpaired) electrons. The van der Waals surface area contributed by atoms with Crippen LogP contribution in [0.2, 0.25) is 0 Å². The van der Waals surface area contributed by atoms with E-state index >= 15 is 4.39 Å². The molecule has 1 aliphatic heterocycles. The van der Waals surface area contributed by atoms with Crippen LogP contribution in [0.25, 0.3) is 11.4 Å². The fourth-order valence-electron chi connectivity index (χ4n) is 7.92. The third-order valence-corrected chi connectivity index (χ3v) is 10.6. The van der Waals surface area contributed by atoms with Gasteiger partial charge in [0.1, 0.15) is 23.9 Å². The molecule has 4 aromatic rings. The first kappa shape index (κ1) is 34.7. The molecule has 8 rings (SSSR count). The topological polar surface area (TPSA) is 140 Å². The van der Waals surface area contributed by atoms with Gasteiger partial charge in [0.15, 0.2) is 5.82 Å². The zero-order chi connectivity index (χ0) is 36.0. The van der Waals surface area contributed by atoms with Crippen LogP contribution in [-0.4, -0.2) is 71.9 Å². The number of rotatable bonds is 9. The molecule has 2 N–H and O–H groups in total. The molecular weight excluding hydrogens is 658 g/mol. The van der Waals surface area contributed by atoms with Crippen molar-refractivity contribution in [3.63, 3.8) is 0 Å². The van der Waals surface area contributed by atoms with E-state index in [1.807, 2.05) is 38.7 Å². The second kappa shape index (κ2) is 14.1. The highest BCUT2D eigenvalue weighted by Gasteiger charge is 2.46. The Morgan fingerprint density at radius 1 is 1.08 bits per heavy atom. The fraction of sp³-hybridized carbons (Fsp3) is 0.514. The summed E-state index contributed by atoms with van der Waals surface area (Å²) in [5.74, 6) is -1.49. The molecule has 3 aromatic heterocycles. The summed E-state index contributed by atoms with van der Waals surface area (Å²) in [4.78, 5) is 47.9. The lowest BCUT2D eigenvalue weighted by atomic mass is 9.69. The number of amides is 2. The van der Waals surface area contributed by atoms with Crippen molar-refractivity contribution in [2.75, 3.05) is 25.1 Å². The Balaban J connectivity index is 0.00000200. The molecule has 4 aliphatic rings. The van der Waals surface area contributed by atoms with Crippen LogP contribution < -0.4 is 10.9 Å². The highest BCUT2D eigenvalue weighted by molar-refractivity contribution is 5.93. The number of nitrogens with one attached hydrogen (secondary N) is 2. The van der Waals surface area contributed by atoms with Crippen LogP contribution in [0.15, 0.2) is 29.1 Å². The Bertz CT molecular complexity index is 2080. The third kappa shape index (κ3) is 6.38. The molecule has 12 nitrogen and oxygen atoms in total. The first-order chi connectivity index (χ1) is 24.7. The maximum absolute atomic E-state index is 15.0. The molecule has 14 heteroatoms. The number of benzene rings is 1. The van der Waals surface area contributed by atoms with Gasteiger partial charge in [0, 0.05) is 35.6 Å². The van der Waals surface area contributed by atoms with Crippen molar-refractivity contribution in [1.29, 1.82) is 0 Å². The summed E-state index contributed by atoms with van der Waals surface area (Å²) in [6, 6.07) is 3.87. The van der Waals surface area contributed by atoms with Crippen molar-refractivity contribution in [2.24, 2.45) is 5.92 Å². The molecule has 3 atom stereocenters. The number of ether oxygens (including phenoxy) is 1. The van der Waals surface area contributed by atoms with Crippen LogP contribution >= 0.6 is 0 Å². The van der Waals surface area contributed by atoms with Crippen molar-refractivity contribution < 1.29 is 23.1 Å². The minimum atomic E-state index is -0.695. The van der Waals surface area contributed by atoms with E-state index in [1.165, 1.54) is 10.6 Å². The van der Waals surface area contributed by atoms with Crippen molar-refractivity contribution in [3.8, 4) is 0 Å². The minimum absolute atomic E-state index is 0.0181. The smallest absolute Gasteiger partial charge is 0.279 e. The second-order valence-corrected chi connectivity index (χ2v) is 13.6. The summed E-state index contributed by atoms with van der Waals surface area (Å²) in [7, 11) is 0. The number of carbonyl (C=O) groups excluding carboxylic acids is 2. The first-order valence-corrected chi connectivity index (χ1v) is 18.1. The molecule has 3 aliphatic carbocycles. The van der Waals surface area contributed by atoms with Gasteiger partial charge >= 0.3 is 0 Å². The van der Waals surface area contributed by atoms with Crippen molar-refractivity contribution >= 4 is 28.9 Å². The molecule has 2 fully saturated rings.